The summed E-state index contributed by atoms with van der Waals surface area (Å²) in [6.45, 7) is 18.4. The highest BCUT2D eigenvalue weighted by atomic mass is 16.5. The summed E-state index contributed by atoms with van der Waals surface area (Å²) < 4.78 is 5.05. The van der Waals surface area contributed by atoms with E-state index in [0.717, 1.165) is 31.1 Å². The van der Waals surface area contributed by atoms with E-state index in [0.29, 0.717) is 5.41 Å². The number of likely N-dealkylation sites (tertiary alicyclic amines) is 1. The number of carbonyl (C=O) groups excluding carboxylic acids is 1. The van der Waals surface area contributed by atoms with Gasteiger partial charge in [0.05, 0.1) is 12.5 Å². The quantitative estimate of drug-likeness (QED) is 0.548. The maximum Gasteiger partial charge on any atom is 0.311 e. The van der Waals surface area contributed by atoms with Crippen LogP contribution in [0.2, 0.25) is 0 Å². The molecule has 3 atom stereocenters. The Morgan fingerprint density at radius 2 is 1.52 bits per heavy atom. The van der Waals surface area contributed by atoms with Crippen LogP contribution in [0.15, 0.2) is 0 Å². The van der Waals surface area contributed by atoms with Crippen molar-refractivity contribution < 1.29 is 9.53 Å². The van der Waals surface area contributed by atoms with Gasteiger partial charge in [0.25, 0.3) is 0 Å². The van der Waals surface area contributed by atoms with Crippen LogP contribution in [0.3, 0.4) is 0 Å². The second-order valence-corrected chi connectivity index (χ2v) is 10.8. The van der Waals surface area contributed by atoms with Crippen LogP contribution >= 0.6 is 0 Å². The van der Waals surface area contributed by atoms with Crippen molar-refractivity contribution in [3.63, 3.8) is 0 Å². The summed E-state index contributed by atoms with van der Waals surface area (Å²) in [5.74, 6) is 1.50. The van der Waals surface area contributed by atoms with Gasteiger partial charge in [-0.1, -0.05) is 41.5 Å². The van der Waals surface area contributed by atoms with Crippen LogP contribution in [-0.2, 0) is 9.53 Å². The lowest BCUT2D eigenvalue weighted by atomic mass is 9.70. The molecule has 3 heteroatoms. The van der Waals surface area contributed by atoms with Crippen LogP contribution in [0.25, 0.3) is 0 Å². The highest BCUT2D eigenvalue weighted by Crippen LogP contribution is 2.43. The monoisotopic (exact) mass is 353 g/mol. The third-order valence-electron chi connectivity index (χ3n) is 6.26. The summed E-state index contributed by atoms with van der Waals surface area (Å²) >= 11 is 0. The number of rotatable bonds is 8. The van der Waals surface area contributed by atoms with Crippen molar-refractivity contribution in [2.75, 3.05) is 27.2 Å². The molecule has 0 aromatic rings. The molecule has 0 saturated carbocycles. The second-order valence-electron chi connectivity index (χ2n) is 10.8. The largest absolute Gasteiger partial charge is 0.469 e. The number of hydrogen-bond donors (Lipinski definition) is 0. The van der Waals surface area contributed by atoms with Crippen LogP contribution in [0.1, 0.15) is 80.6 Å². The Balaban J connectivity index is 2.70. The zero-order valence-electron chi connectivity index (χ0n) is 18.4. The highest BCUT2D eigenvalue weighted by molar-refractivity contribution is 5.76. The molecule has 0 amide bonds. The Hall–Kier alpha value is -0.570. The molecule has 1 heterocycles. The van der Waals surface area contributed by atoms with Gasteiger partial charge in [-0.05, 0) is 68.7 Å². The minimum atomic E-state index is -0.344. The molecule has 0 aliphatic carbocycles. The summed E-state index contributed by atoms with van der Waals surface area (Å²) in [5.41, 5.74) is 0.309. The van der Waals surface area contributed by atoms with E-state index < -0.39 is 0 Å². The summed E-state index contributed by atoms with van der Waals surface area (Å²) in [6, 6.07) is 0. The molecule has 3 nitrogen and oxygen atoms in total. The molecule has 0 aromatic carbocycles. The zero-order chi connectivity index (χ0) is 19.5. The number of ether oxygens (including phenoxy) is 1. The SMILES string of the molecule is CCC(C)(CCC(C)(C)CC1CN(C)CC1CC(C)(C)C)C(=O)OC. The topological polar surface area (TPSA) is 29.5 Å². The molecule has 0 N–H and O–H groups in total. The van der Waals surface area contributed by atoms with Crippen LogP contribution in [0, 0.1) is 28.1 Å². The standard InChI is InChI=1S/C22H43NO2/c1-10-22(7,19(24)25-9)12-11-21(5,6)14-18-16-23(8)15-17(18)13-20(2,3)4/h17-18H,10-16H2,1-9H3. The van der Waals surface area contributed by atoms with Crippen molar-refractivity contribution in [3.8, 4) is 0 Å². The molecule has 25 heavy (non-hydrogen) atoms. The maximum atomic E-state index is 12.1. The van der Waals surface area contributed by atoms with Gasteiger partial charge in [-0.2, -0.15) is 0 Å². The van der Waals surface area contributed by atoms with Gasteiger partial charge in [-0.3, -0.25) is 4.79 Å². The van der Waals surface area contributed by atoms with E-state index in [4.69, 9.17) is 4.74 Å². The predicted octanol–water partition coefficient (Wildman–Crippen LogP) is 5.39. The van der Waals surface area contributed by atoms with Gasteiger partial charge < -0.3 is 9.64 Å². The van der Waals surface area contributed by atoms with Crippen molar-refractivity contribution in [2.45, 2.75) is 80.6 Å². The third-order valence-corrected chi connectivity index (χ3v) is 6.26. The minimum Gasteiger partial charge on any atom is -0.469 e. The average Bonchev–Trinajstić information content (AvgIpc) is 2.80. The normalized spacial score (nSPS) is 25.0. The molecule has 1 fully saturated rings. The molecule has 148 valence electrons. The van der Waals surface area contributed by atoms with Crippen LogP contribution in [-0.4, -0.2) is 38.1 Å². The average molecular weight is 354 g/mol. The molecular weight excluding hydrogens is 310 g/mol. The maximum absolute atomic E-state index is 12.1. The summed E-state index contributed by atoms with van der Waals surface area (Å²) in [6.07, 6.45) is 5.38. The van der Waals surface area contributed by atoms with Crippen LogP contribution in [0.5, 0.6) is 0 Å². The fourth-order valence-electron chi connectivity index (χ4n) is 4.52. The number of nitrogens with zero attached hydrogens (tertiary/aromatic N) is 1. The lowest BCUT2D eigenvalue weighted by Gasteiger charge is -2.35. The number of methoxy groups -OCH3 is 1. The van der Waals surface area contributed by atoms with E-state index in [1.54, 1.807) is 0 Å². The first-order chi connectivity index (χ1) is 11.3. The first-order valence-electron chi connectivity index (χ1n) is 10.1. The first-order valence-corrected chi connectivity index (χ1v) is 10.1. The molecule has 1 aliphatic heterocycles. The molecule has 0 bridgehead atoms. The van der Waals surface area contributed by atoms with Crippen molar-refractivity contribution in [1.29, 1.82) is 0 Å². The molecule has 0 aromatic heterocycles. The van der Waals surface area contributed by atoms with Gasteiger partial charge in [-0.25, -0.2) is 0 Å². The smallest absolute Gasteiger partial charge is 0.311 e. The van der Waals surface area contributed by atoms with Crippen LogP contribution < -0.4 is 0 Å². The van der Waals surface area contributed by atoms with Crippen molar-refractivity contribution in [1.82, 2.24) is 4.90 Å². The Morgan fingerprint density at radius 3 is 1.96 bits per heavy atom. The van der Waals surface area contributed by atoms with Gasteiger partial charge in [0.15, 0.2) is 0 Å². The Bertz CT molecular complexity index is 438. The van der Waals surface area contributed by atoms with Gasteiger partial charge >= 0.3 is 5.97 Å². The summed E-state index contributed by atoms with van der Waals surface area (Å²) in [5, 5.41) is 0. The van der Waals surface area contributed by atoms with Crippen molar-refractivity contribution in [2.24, 2.45) is 28.1 Å². The molecule has 0 spiro atoms. The fourth-order valence-corrected chi connectivity index (χ4v) is 4.52. The molecule has 0 radical (unpaired) electrons. The second kappa shape index (κ2) is 8.41. The minimum absolute atomic E-state index is 0.0583. The lowest BCUT2D eigenvalue weighted by molar-refractivity contribution is -0.152. The van der Waals surface area contributed by atoms with Gasteiger partial charge in [0.1, 0.15) is 0 Å². The summed E-state index contributed by atoms with van der Waals surface area (Å²) in [4.78, 5) is 14.7. The van der Waals surface area contributed by atoms with E-state index >= 15 is 0 Å². The van der Waals surface area contributed by atoms with E-state index in [-0.39, 0.29) is 16.8 Å². The van der Waals surface area contributed by atoms with Gasteiger partial charge in [0, 0.05) is 13.1 Å². The molecule has 3 unspecified atom stereocenters. The van der Waals surface area contributed by atoms with E-state index in [9.17, 15) is 4.79 Å². The Labute approximate surface area is 156 Å². The van der Waals surface area contributed by atoms with E-state index in [2.05, 4.69) is 60.4 Å². The lowest BCUT2D eigenvalue weighted by Crippen LogP contribution is -2.31. The van der Waals surface area contributed by atoms with Gasteiger partial charge in [0.2, 0.25) is 0 Å². The highest BCUT2D eigenvalue weighted by Gasteiger charge is 2.39. The zero-order valence-corrected chi connectivity index (χ0v) is 18.4. The molecule has 1 saturated heterocycles. The fraction of sp³-hybridized carbons (Fsp3) is 0.955. The number of hydrogen-bond acceptors (Lipinski definition) is 3. The number of esters is 1. The van der Waals surface area contributed by atoms with Crippen molar-refractivity contribution >= 4 is 5.97 Å². The van der Waals surface area contributed by atoms with Crippen LogP contribution in [0.4, 0.5) is 0 Å². The van der Waals surface area contributed by atoms with Crippen molar-refractivity contribution in [3.05, 3.63) is 0 Å². The molecule has 1 rings (SSSR count). The third kappa shape index (κ3) is 6.92. The summed E-state index contributed by atoms with van der Waals surface area (Å²) in [7, 11) is 3.76. The first kappa shape index (κ1) is 22.5. The van der Waals surface area contributed by atoms with E-state index in [1.165, 1.54) is 33.0 Å². The Morgan fingerprint density at radius 1 is 1.00 bits per heavy atom. The number of carbonyl (C=O) groups is 1. The van der Waals surface area contributed by atoms with E-state index in [1.807, 2.05) is 0 Å². The van der Waals surface area contributed by atoms with Gasteiger partial charge in [-0.15, -0.1) is 0 Å². The molecule has 1 aliphatic rings. The predicted molar refractivity (Wildman–Crippen MR) is 107 cm³/mol. The molecular formula is C22H43NO2. The Kier molecular flexibility index (Phi) is 7.56.